The Morgan fingerprint density at radius 2 is 2.21 bits per heavy atom. The first kappa shape index (κ1) is 15.2. The van der Waals surface area contributed by atoms with E-state index in [1.807, 2.05) is 0 Å². The van der Waals surface area contributed by atoms with Crippen LogP contribution < -0.4 is 9.46 Å². The van der Waals surface area contributed by atoms with Crippen molar-refractivity contribution >= 4 is 16.0 Å². The number of carboxylic acid groups (broad SMARTS) is 1. The zero-order chi connectivity index (χ0) is 14.5. The molecule has 0 atom stereocenters. The molecule has 0 saturated carbocycles. The Kier molecular flexibility index (Phi) is 5.08. The van der Waals surface area contributed by atoms with Crippen molar-refractivity contribution in [2.45, 2.75) is 11.3 Å². The maximum atomic E-state index is 12.0. The highest BCUT2D eigenvalue weighted by atomic mass is 32.2. The average molecular weight is 285 g/mol. The number of hydrogen-bond acceptors (Lipinski definition) is 4. The minimum absolute atomic E-state index is 0.00833. The van der Waals surface area contributed by atoms with E-state index in [0.29, 0.717) is 6.42 Å². The molecule has 1 aromatic rings. The second kappa shape index (κ2) is 6.35. The van der Waals surface area contributed by atoms with Gasteiger partial charge in [-0.25, -0.2) is 17.9 Å². The lowest BCUT2D eigenvalue weighted by Gasteiger charge is -2.10. The second-order valence-corrected chi connectivity index (χ2v) is 5.38. The van der Waals surface area contributed by atoms with Crippen molar-refractivity contribution in [2.75, 3.05) is 13.7 Å². The Hall–Kier alpha value is -1.86. The van der Waals surface area contributed by atoms with Crippen molar-refractivity contribution in [3.63, 3.8) is 0 Å². The third kappa shape index (κ3) is 3.80. The van der Waals surface area contributed by atoms with Gasteiger partial charge in [-0.05, 0) is 24.6 Å². The standard InChI is InChI=1S/C12H15NO5S/c1-3-4-7-13-19(16,17)11-6-5-9(12(14)15)8-10(11)18-2/h3,5-6,8,13H,1,4,7H2,2H3,(H,14,15). The maximum absolute atomic E-state index is 12.0. The largest absolute Gasteiger partial charge is 0.495 e. The van der Waals surface area contributed by atoms with Gasteiger partial charge >= 0.3 is 5.97 Å². The van der Waals surface area contributed by atoms with Crippen molar-refractivity contribution in [3.8, 4) is 5.75 Å². The number of ether oxygens (including phenoxy) is 1. The van der Waals surface area contributed by atoms with Crippen LogP contribution in [-0.2, 0) is 10.0 Å². The Balaban J connectivity index is 3.12. The molecule has 0 aliphatic rings. The predicted octanol–water partition coefficient (Wildman–Crippen LogP) is 1.25. The summed E-state index contributed by atoms with van der Waals surface area (Å²) in [7, 11) is -2.45. The first-order chi connectivity index (χ1) is 8.92. The molecule has 0 spiro atoms. The smallest absolute Gasteiger partial charge is 0.335 e. The summed E-state index contributed by atoms with van der Waals surface area (Å²) in [6.45, 7) is 3.71. The van der Waals surface area contributed by atoms with E-state index in [-0.39, 0.29) is 22.8 Å². The summed E-state index contributed by atoms with van der Waals surface area (Å²) in [4.78, 5) is 10.7. The van der Waals surface area contributed by atoms with Crippen LogP contribution >= 0.6 is 0 Å². The number of sulfonamides is 1. The Morgan fingerprint density at radius 1 is 1.53 bits per heavy atom. The van der Waals surface area contributed by atoms with E-state index in [1.54, 1.807) is 6.08 Å². The molecule has 0 aliphatic carbocycles. The van der Waals surface area contributed by atoms with E-state index < -0.39 is 16.0 Å². The SMILES string of the molecule is C=CCCNS(=O)(=O)c1ccc(C(=O)O)cc1OC. The number of hydrogen-bond donors (Lipinski definition) is 2. The van der Waals surface area contributed by atoms with Crippen molar-refractivity contribution in [2.24, 2.45) is 0 Å². The van der Waals surface area contributed by atoms with Crippen LogP contribution in [0.15, 0.2) is 35.7 Å². The van der Waals surface area contributed by atoms with Gasteiger partial charge in [-0.15, -0.1) is 6.58 Å². The van der Waals surface area contributed by atoms with E-state index in [9.17, 15) is 13.2 Å². The number of carboxylic acids is 1. The van der Waals surface area contributed by atoms with Crippen LogP contribution in [-0.4, -0.2) is 33.1 Å². The Labute approximate surface area is 111 Å². The van der Waals surface area contributed by atoms with Crippen LogP contribution in [0.4, 0.5) is 0 Å². The van der Waals surface area contributed by atoms with Gasteiger partial charge in [0.25, 0.3) is 0 Å². The molecule has 0 bridgehead atoms. The number of benzene rings is 1. The van der Waals surface area contributed by atoms with Crippen LogP contribution in [0.5, 0.6) is 5.75 Å². The highest BCUT2D eigenvalue weighted by Gasteiger charge is 2.20. The zero-order valence-electron chi connectivity index (χ0n) is 10.4. The van der Waals surface area contributed by atoms with Gasteiger partial charge in [0.2, 0.25) is 10.0 Å². The molecule has 0 unspecified atom stereocenters. The lowest BCUT2D eigenvalue weighted by Crippen LogP contribution is -2.25. The van der Waals surface area contributed by atoms with Crippen molar-refractivity contribution in [1.82, 2.24) is 4.72 Å². The minimum Gasteiger partial charge on any atom is -0.495 e. The van der Waals surface area contributed by atoms with Crippen molar-refractivity contribution < 1.29 is 23.1 Å². The van der Waals surface area contributed by atoms with Crippen molar-refractivity contribution in [3.05, 3.63) is 36.4 Å². The maximum Gasteiger partial charge on any atom is 0.335 e. The summed E-state index contributed by atoms with van der Waals surface area (Å²) in [5.74, 6) is -1.16. The van der Waals surface area contributed by atoms with Crippen LogP contribution in [0.25, 0.3) is 0 Å². The molecule has 104 valence electrons. The molecule has 6 nitrogen and oxygen atoms in total. The van der Waals surface area contributed by atoms with Gasteiger partial charge in [0.15, 0.2) is 0 Å². The summed E-state index contributed by atoms with van der Waals surface area (Å²) in [6, 6.07) is 3.59. The van der Waals surface area contributed by atoms with Gasteiger partial charge in [-0.1, -0.05) is 6.08 Å². The lowest BCUT2D eigenvalue weighted by molar-refractivity contribution is 0.0696. The molecular formula is C12H15NO5S. The summed E-state index contributed by atoms with van der Waals surface area (Å²) in [5, 5.41) is 8.84. The number of aromatic carboxylic acids is 1. The monoisotopic (exact) mass is 285 g/mol. The Morgan fingerprint density at radius 3 is 2.74 bits per heavy atom. The van der Waals surface area contributed by atoms with E-state index in [0.717, 1.165) is 0 Å². The zero-order valence-corrected chi connectivity index (χ0v) is 11.2. The molecule has 1 aromatic carbocycles. The molecule has 19 heavy (non-hydrogen) atoms. The average Bonchev–Trinajstić information content (AvgIpc) is 2.38. The molecule has 7 heteroatoms. The first-order valence-electron chi connectivity index (χ1n) is 5.44. The normalized spacial score (nSPS) is 11.0. The quantitative estimate of drug-likeness (QED) is 0.581. The molecular weight excluding hydrogens is 270 g/mol. The fourth-order valence-electron chi connectivity index (χ4n) is 1.40. The molecule has 0 heterocycles. The summed E-state index contributed by atoms with van der Waals surface area (Å²) >= 11 is 0. The van der Waals surface area contributed by atoms with Crippen molar-refractivity contribution in [1.29, 1.82) is 0 Å². The molecule has 0 aromatic heterocycles. The van der Waals surface area contributed by atoms with Gasteiger partial charge < -0.3 is 9.84 Å². The number of methoxy groups -OCH3 is 1. The third-order valence-electron chi connectivity index (χ3n) is 2.34. The number of rotatable bonds is 7. The summed E-state index contributed by atoms with van der Waals surface area (Å²) in [6.07, 6.45) is 2.09. The summed E-state index contributed by atoms with van der Waals surface area (Å²) in [5.41, 5.74) is -0.0399. The van der Waals surface area contributed by atoms with Crippen LogP contribution in [0, 0.1) is 0 Å². The fraction of sp³-hybridized carbons (Fsp3) is 0.250. The second-order valence-electron chi connectivity index (χ2n) is 3.65. The molecule has 0 amide bonds. The van der Waals surface area contributed by atoms with E-state index in [2.05, 4.69) is 11.3 Å². The van der Waals surface area contributed by atoms with Gasteiger partial charge in [-0.2, -0.15) is 0 Å². The molecule has 0 fully saturated rings. The fourth-order valence-corrected chi connectivity index (χ4v) is 2.59. The van der Waals surface area contributed by atoms with Gasteiger partial charge in [0, 0.05) is 6.54 Å². The molecule has 0 saturated heterocycles. The Bertz CT molecular complexity index is 580. The highest BCUT2D eigenvalue weighted by molar-refractivity contribution is 7.89. The predicted molar refractivity (Wildman–Crippen MR) is 70.0 cm³/mol. The number of carbonyl (C=O) groups is 1. The highest BCUT2D eigenvalue weighted by Crippen LogP contribution is 2.24. The van der Waals surface area contributed by atoms with Gasteiger partial charge in [0.1, 0.15) is 10.6 Å². The minimum atomic E-state index is -3.73. The van der Waals surface area contributed by atoms with Crippen LogP contribution in [0.3, 0.4) is 0 Å². The summed E-state index contributed by atoms with van der Waals surface area (Å²) < 4.78 is 31.3. The van der Waals surface area contributed by atoms with E-state index >= 15 is 0 Å². The van der Waals surface area contributed by atoms with Gasteiger partial charge in [-0.3, -0.25) is 0 Å². The molecule has 0 radical (unpaired) electrons. The topological polar surface area (TPSA) is 92.7 Å². The molecule has 0 aliphatic heterocycles. The first-order valence-corrected chi connectivity index (χ1v) is 6.92. The lowest BCUT2D eigenvalue weighted by atomic mass is 10.2. The third-order valence-corrected chi connectivity index (χ3v) is 3.84. The van der Waals surface area contributed by atoms with E-state index in [1.165, 1.54) is 25.3 Å². The van der Waals surface area contributed by atoms with Crippen LogP contribution in [0.1, 0.15) is 16.8 Å². The van der Waals surface area contributed by atoms with E-state index in [4.69, 9.17) is 9.84 Å². The van der Waals surface area contributed by atoms with Crippen LogP contribution in [0.2, 0.25) is 0 Å². The molecule has 2 N–H and O–H groups in total. The molecule has 1 rings (SSSR count). The number of nitrogens with one attached hydrogen (secondary N) is 1. The van der Waals surface area contributed by atoms with Gasteiger partial charge in [0.05, 0.1) is 12.7 Å².